The molecule has 0 rings (SSSR count). The molecule has 0 saturated carbocycles. The summed E-state index contributed by atoms with van der Waals surface area (Å²) < 4.78 is 15.0. The summed E-state index contributed by atoms with van der Waals surface area (Å²) in [5.74, 6) is -0.818. The molecule has 24 heavy (non-hydrogen) atoms. The third kappa shape index (κ3) is 9.78. The van der Waals surface area contributed by atoms with Crippen LogP contribution in [-0.4, -0.2) is 101 Å². The van der Waals surface area contributed by atoms with Crippen LogP contribution in [0.4, 0.5) is 0 Å². The number of esters is 1. The minimum Gasteiger partial charge on any atom is -0.495 e. The monoisotopic (exact) mass is 354 g/mol. The number of hydrogen-bond donors (Lipinski definition) is 6. The minimum absolute atomic E-state index is 0.0597. The van der Waals surface area contributed by atoms with Gasteiger partial charge in [-0.3, -0.25) is 0 Å². The van der Waals surface area contributed by atoms with E-state index in [1.54, 1.807) is 0 Å². The molecule has 0 radical (unpaired) electrons. The molecule has 0 aromatic rings. The summed E-state index contributed by atoms with van der Waals surface area (Å²) in [6.07, 6.45) is -3.48. The SMILES string of the molecule is CC(OCC(O)CO)=C(COCC(O)CO)C(=O)OCC(O)CO. The standard InChI is InChI=1S/C14H26O10/c1-9(23-6-11(19)3-16)13(8-22-5-10(18)2-15)14(21)24-7-12(20)4-17/h10-12,15-20H,2-8H2,1H3. The highest BCUT2D eigenvalue weighted by atomic mass is 16.6. The van der Waals surface area contributed by atoms with Crippen LogP contribution in [0.1, 0.15) is 6.92 Å². The summed E-state index contributed by atoms with van der Waals surface area (Å²) in [6, 6.07) is 0. The molecule has 0 aliphatic heterocycles. The van der Waals surface area contributed by atoms with Gasteiger partial charge in [-0.15, -0.1) is 0 Å². The van der Waals surface area contributed by atoms with E-state index in [4.69, 9.17) is 29.5 Å². The average Bonchev–Trinajstić information content (AvgIpc) is 2.59. The molecule has 0 amide bonds. The molecule has 3 atom stereocenters. The molecule has 0 aliphatic rings. The van der Waals surface area contributed by atoms with Crippen molar-refractivity contribution in [2.24, 2.45) is 0 Å². The van der Waals surface area contributed by atoms with Crippen LogP contribution in [0, 0.1) is 0 Å². The number of carbonyl (C=O) groups is 1. The van der Waals surface area contributed by atoms with E-state index in [0.717, 1.165) is 0 Å². The maximum atomic E-state index is 12.0. The number of rotatable bonds is 13. The fourth-order valence-electron chi connectivity index (χ4n) is 1.33. The topological polar surface area (TPSA) is 166 Å². The lowest BCUT2D eigenvalue weighted by Gasteiger charge is -2.16. The fraction of sp³-hybridized carbons (Fsp3) is 0.786. The van der Waals surface area contributed by atoms with Crippen molar-refractivity contribution < 1.29 is 49.6 Å². The Kier molecular flexibility index (Phi) is 12.4. The van der Waals surface area contributed by atoms with Crippen LogP contribution in [0.15, 0.2) is 11.3 Å². The Hall–Kier alpha value is -1.27. The van der Waals surface area contributed by atoms with Crippen molar-refractivity contribution in [1.82, 2.24) is 0 Å². The van der Waals surface area contributed by atoms with Gasteiger partial charge in [0, 0.05) is 0 Å². The molecule has 0 aromatic carbocycles. The Morgan fingerprint density at radius 3 is 1.79 bits per heavy atom. The second-order valence-electron chi connectivity index (χ2n) is 4.97. The highest BCUT2D eigenvalue weighted by molar-refractivity contribution is 5.89. The van der Waals surface area contributed by atoms with Crippen molar-refractivity contribution in [3.05, 3.63) is 11.3 Å². The molecule has 0 saturated heterocycles. The zero-order valence-corrected chi connectivity index (χ0v) is 13.5. The molecule has 142 valence electrons. The largest absolute Gasteiger partial charge is 0.495 e. The van der Waals surface area contributed by atoms with Gasteiger partial charge in [0.25, 0.3) is 0 Å². The van der Waals surface area contributed by atoms with Crippen LogP contribution >= 0.6 is 0 Å². The maximum absolute atomic E-state index is 12.0. The Morgan fingerprint density at radius 2 is 1.29 bits per heavy atom. The zero-order valence-electron chi connectivity index (χ0n) is 13.5. The first-order chi connectivity index (χ1) is 11.3. The van der Waals surface area contributed by atoms with Gasteiger partial charge in [-0.05, 0) is 6.92 Å². The molecule has 0 aromatic heterocycles. The predicted molar refractivity (Wildman–Crippen MR) is 79.7 cm³/mol. The van der Waals surface area contributed by atoms with Crippen LogP contribution in [0.25, 0.3) is 0 Å². The van der Waals surface area contributed by atoms with Gasteiger partial charge < -0.3 is 44.8 Å². The molecule has 0 spiro atoms. The average molecular weight is 354 g/mol. The van der Waals surface area contributed by atoms with Gasteiger partial charge in [0.15, 0.2) is 0 Å². The van der Waals surface area contributed by atoms with Crippen LogP contribution in [0.3, 0.4) is 0 Å². The normalized spacial score (nSPS) is 16.1. The minimum atomic E-state index is -1.23. The smallest absolute Gasteiger partial charge is 0.339 e. The van der Waals surface area contributed by atoms with Gasteiger partial charge in [-0.25, -0.2) is 4.79 Å². The van der Waals surface area contributed by atoms with Gasteiger partial charge in [0.05, 0.1) is 38.6 Å². The number of aliphatic hydroxyl groups is 6. The predicted octanol–water partition coefficient (Wildman–Crippen LogP) is -3.10. The van der Waals surface area contributed by atoms with E-state index < -0.39 is 50.7 Å². The number of aliphatic hydroxyl groups excluding tert-OH is 6. The van der Waals surface area contributed by atoms with Gasteiger partial charge in [0.2, 0.25) is 0 Å². The Bertz CT molecular complexity index is 384. The Balaban J connectivity index is 4.81. The van der Waals surface area contributed by atoms with Crippen molar-refractivity contribution in [1.29, 1.82) is 0 Å². The molecule has 3 unspecified atom stereocenters. The lowest BCUT2D eigenvalue weighted by Crippen LogP contribution is -2.26. The van der Waals surface area contributed by atoms with Crippen molar-refractivity contribution in [2.45, 2.75) is 25.2 Å². The third-order valence-corrected chi connectivity index (χ3v) is 2.76. The van der Waals surface area contributed by atoms with Crippen molar-refractivity contribution in [3.8, 4) is 0 Å². The van der Waals surface area contributed by atoms with Crippen LogP contribution in [0.5, 0.6) is 0 Å². The van der Waals surface area contributed by atoms with Crippen LogP contribution in [0.2, 0.25) is 0 Å². The van der Waals surface area contributed by atoms with Gasteiger partial charge in [0.1, 0.15) is 37.3 Å². The highest BCUT2D eigenvalue weighted by Crippen LogP contribution is 2.10. The fourth-order valence-corrected chi connectivity index (χ4v) is 1.33. The highest BCUT2D eigenvalue weighted by Gasteiger charge is 2.19. The number of ether oxygens (including phenoxy) is 3. The summed E-state index contributed by atoms with van der Waals surface area (Å²) in [5, 5.41) is 53.8. The lowest BCUT2D eigenvalue weighted by atomic mass is 10.2. The second-order valence-corrected chi connectivity index (χ2v) is 4.97. The van der Waals surface area contributed by atoms with Crippen molar-refractivity contribution in [2.75, 3.05) is 46.2 Å². The second kappa shape index (κ2) is 13.1. The molecule has 0 heterocycles. The molecule has 0 bridgehead atoms. The number of allylic oxidation sites excluding steroid dienone is 1. The molecular weight excluding hydrogens is 328 g/mol. The first-order valence-corrected chi connectivity index (χ1v) is 7.29. The van der Waals surface area contributed by atoms with E-state index in [1.807, 2.05) is 0 Å². The number of carbonyl (C=O) groups excluding carboxylic acids is 1. The number of hydrogen-bond acceptors (Lipinski definition) is 10. The zero-order chi connectivity index (χ0) is 18.5. The maximum Gasteiger partial charge on any atom is 0.339 e. The first-order valence-electron chi connectivity index (χ1n) is 7.29. The van der Waals surface area contributed by atoms with Gasteiger partial charge in [-0.2, -0.15) is 0 Å². The van der Waals surface area contributed by atoms with Crippen molar-refractivity contribution >= 4 is 5.97 Å². The molecule has 0 fully saturated rings. The Labute approximate surface area is 139 Å². The van der Waals surface area contributed by atoms with E-state index in [9.17, 15) is 20.1 Å². The van der Waals surface area contributed by atoms with Gasteiger partial charge >= 0.3 is 5.97 Å². The van der Waals surface area contributed by atoms with E-state index in [0.29, 0.717) is 0 Å². The van der Waals surface area contributed by atoms with E-state index in [1.165, 1.54) is 6.92 Å². The van der Waals surface area contributed by atoms with Gasteiger partial charge in [-0.1, -0.05) is 0 Å². The summed E-state index contributed by atoms with van der Waals surface area (Å²) in [4.78, 5) is 12.0. The molecule has 6 N–H and O–H groups in total. The van der Waals surface area contributed by atoms with Crippen LogP contribution < -0.4 is 0 Å². The first kappa shape index (κ1) is 22.7. The van der Waals surface area contributed by atoms with Crippen molar-refractivity contribution in [3.63, 3.8) is 0 Å². The quantitative estimate of drug-likeness (QED) is 0.113. The van der Waals surface area contributed by atoms with E-state index in [2.05, 4.69) is 0 Å². The third-order valence-electron chi connectivity index (χ3n) is 2.76. The summed E-state index contributed by atoms with van der Waals surface area (Å²) >= 11 is 0. The molecule has 10 heteroatoms. The molecular formula is C14H26O10. The molecule has 0 aliphatic carbocycles. The molecule has 10 nitrogen and oxygen atoms in total. The lowest BCUT2D eigenvalue weighted by molar-refractivity contribution is -0.144. The van der Waals surface area contributed by atoms with E-state index in [-0.39, 0.29) is 31.2 Å². The van der Waals surface area contributed by atoms with Crippen LogP contribution in [-0.2, 0) is 19.0 Å². The van der Waals surface area contributed by atoms with E-state index >= 15 is 0 Å². The summed E-state index contributed by atoms with van der Waals surface area (Å²) in [5.41, 5.74) is -0.0737. The summed E-state index contributed by atoms with van der Waals surface area (Å²) in [7, 11) is 0. The Morgan fingerprint density at radius 1 is 0.833 bits per heavy atom. The summed E-state index contributed by atoms with van der Waals surface area (Å²) in [6.45, 7) is -1.45.